The van der Waals surface area contributed by atoms with E-state index in [1.54, 1.807) is 18.2 Å². The minimum Gasteiger partial charge on any atom is -0.369 e. The molecule has 1 aromatic carbocycles. The van der Waals surface area contributed by atoms with Gasteiger partial charge in [-0.2, -0.15) is 4.31 Å². The molecule has 0 saturated carbocycles. The second-order valence-corrected chi connectivity index (χ2v) is 7.33. The van der Waals surface area contributed by atoms with Crippen LogP contribution in [0.15, 0.2) is 23.1 Å². The van der Waals surface area contributed by atoms with Gasteiger partial charge in [0.1, 0.15) is 0 Å². The maximum absolute atomic E-state index is 12.6. The number of primary amides is 1. The molecule has 4 N–H and O–H groups in total. The van der Waals surface area contributed by atoms with Gasteiger partial charge in [0.2, 0.25) is 15.9 Å². The Morgan fingerprint density at radius 1 is 1.43 bits per heavy atom. The number of sulfonamides is 1. The first-order valence-electron chi connectivity index (χ1n) is 6.95. The van der Waals surface area contributed by atoms with E-state index in [1.165, 1.54) is 4.31 Å². The average molecular weight is 311 g/mol. The van der Waals surface area contributed by atoms with E-state index in [1.807, 2.05) is 6.92 Å². The van der Waals surface area contributed by atoms with E-state index in [9.17, 15) is 13.2 Å². The van der Waals surface area contributed by atoms with Crippen LogP contribution in [0.5, 0.6) is 0 Å². The first-order valence-corrected chi connectivity index (χ1v) is 8.39. The second kappa shape index (κ2) is 6.13. The van der Waals surface area contributed by atoms with E-state index in [4.69, 9.17) is 11.5 Å². The predicted octanol–water partition coefficient (Wildman–Crippen LogP) is 0.340. The van der Waals surface area contributed by atoms with Crippen molar-refractivity contribution in [3.8, 4) is 0 Å². The summed E-state index contributed by atoms with van der Waals surface area (Å²) in [6, 6.07) is 4.93. The van der Waals surface area contributed by atoms with Crippen LogP contribution in [0.2, 0.25) is 0 Å². The van der Waals surface area contributed by atoms with Crippen molar-refractivity contribution in [1.29, 1.82) is 0 Å². The van der Waals surface area contributed by atoms with Crippen molar-refractivity contribution < 1.29 is 13.2 Å². The lowest BCUT2D eigenvalue weighted by atomic mass is 9.99. The van der Waals surface area contributed by atoms with E-state index >= 15 is 0 Å². The fourth-order valence-electron chi connectivity index (χ4n) is 2.60. The van der Waals surface area contributed by atoms with E-state index in [-0.39, 0.29) is 11.4 Å². The Bertz CT molecular complexity index is 643. The number of piperidine rings is 1. The Kier molecular flexibility index (Phi) is 4.65. The van der Waals surface area contributed by atoms with Crippen molar-refractivity contribution in [2.24, 2.45) is 17.4 Å². The van der Waals surface area contributed by atoms with Crippen molar-refractivity contribution >= 4 is 15.9 Å². The highest BCUT2D eigenvalue weighted by molar-refractivity contribution is 7.89. The monoisotopic (exact) mass is 311 g/mol. The van der Waals surface area contributed by atoms with Crippen LogP contribution in [0.4, 0.5) is 0 Å². The van der Waals surface area contributed by atoms with Crippen LogP contribution in [0.25, 0.3) is 0 Å². The molecular formula is C14H21N3O3S. The van der Waals surface area contributed by atoms with Gasteiger partial charge in [-0.05, 0) is 43.0 Å². The summed E-state index contributed by atoms with van der Waals surface area (Å²) in [7, 11) is -3.59. The molecule has 0 aliphatic carbocycles. The molecule has 0 bridgehead atoms. The summed E-state index contributed by atoms with van der Waals surface area (Å²) in [4.78, 5) is 11.5. The minimum atomic E-state index is -3.59. The molecule has 2 rings (SSSR count). The van der Waals surface area contributed by atoms with Crippen molar-refractivity contribution in [1.82, 2.24) is 4.31 Å². The highest BCUT2D eigenvalue weighted by Gasteiger charge is 2.32. The third-order valence-corrected chi connectivity index (χ3v) is 5.82. The minimum absolute atomic E-state index is 0.162. The van der Waals surface area contributed by atoms with Crippen LogP contribution in [0.3, 0.4) is 0 Å². The van der Waals surface area contributed by atoms with Gasteiger partial charge in [-0.25, -0.2) is 8.42 Å². The van der Waals surface area contributed by atoms with E-state index in [2.05, 4.69) is 0 Å². The highest BCUT2D eigenvalue weighted by Crippen LogP contribution is 2.25. The zero-order valence-electron chi connectivity index (χ0n) is 12.1. The fourth-order valence-corrected chi connectivity index (χ4v) is 4.21. The molecule has 1 aromatic rings. The van der Waals surface area contributed by atoms with Crippen molar-refractivity contribution in [2.45, 2.75) is 31.2 Å². The summed E-state index contributed by atoms with van der Waals surface area (Å²) in [5.41, 5.74) is 12.7. The molecule has 1 fully saturated rings. The van der Waals surface area contributed by atoms with Gasteiger partial charge in [-0.3, -0.25) is 4.79 Å². The molecule has 0 spiro atoms. The molecule has 0 aromatic heterocycles. The molecule has 1 aliphatic heterocycles. The van der Waals surface area contributed by atoms with Crippen LogP contribution in [-0.2, 0) is 21.4 Å². The normalized spacial score (nSPS) is 20.4. The third-order valence-electron chi connectivity index (χ3n) is 3.96. The number of nitrogens with two attached hydrogens (primary N) is 2. The van der Waals surface area contributed by atoms with Crippen molar-refractivity contribution in [3.63, 3.8) is 0 Å². The van der Waals surface area contributed by atoms with Crippen LogP contribution >= 0.6 is 0 Å². The molecule has 1 saturated heterocycles. The van der Waals surface area contributed by atoms with Crippen molar-refractivity contribution in [2.75, 3.05) is 13.1 Å². The molecule has 1 amide bonds. The van der Waals surface area contributed by atoms with Gasteiger partial charge >= 0.3 is 0 Å². The first-order chi connectivity index (χ1) is 9.86. The number of carbonyl (C=O) groups is 1. The highest BCUT2D eigenvalue weighted by atomic mass is 32.2. The molecule has 21 heavy (non-hydrogen) atoms. The Labute approximate surface area is 125 Å². The Morgan fingerprint density at radius 2 is 2.14 bits per heavy atom. The van der Waals surface area contributed by atoms with Gasteiger partial charge < -0.3 is 11.5 Å². The van der Waals surface area contributed by atoms with E-state index < -0.39 is 21.8 Å². The van der Waals surface area contributed by atoms with E-state index in [0.29, 0.717) is 25.9 Å². The topological polar surface area (TPSA) is 106 Å². The van der Waals surface area contributed by atoms with Gasteiger partial charge in [0.05, 0.1) is 10.8 Å². The zero-order valence-corrected chi connectivity index (χ0v) is 12.9. The molecule has 1 heterocycles. The van der Waals surface area contributed by atoms with Gasteiger partial charge in [0.15, 0.2) is 0 Å². The molecule has 116 valence electrons. The van der Waals surface area contributed by atoms with E-state index in [0.717, 1.165) is 11.1 Å². The number of amides is 1. The van der Waals surface area contributed by atoms with Crippen LogP contribution in [-0.4, -0.2) is 31.7 Å². The number of hydrogen-bond acceptors (Lipinski definition) is 4. The van der Waals surface area contributed by atoms with Crippen LogP contribution < -0.4 is 11.5 Å². The predicted molar refractivity (Wildman–Crippen MR) is 79.7 cm³/mol. The maximum Gasteiger partial charge on any atom is 0.243 e. The lowest BCUT2D eigenvalue weighted by Gasteiger charge is -2.30. The molecule has 1 atom stereocenters. The summed E-state index contributed by atoms with van der Waals surface area (Å²) < 4.78 is 26.6. The number of nitrogens with zero attached hydrogens (tertiary/aromatic N) is 1. The van der Waals surface area contributed by atoms with Gasteiger partial charge in [0, 0.05) is 19.6 Å². The van der Waals surface area contributed by atoms with Crippen LogP contribution in [0, 0.1) is 12.8 Å². The summed E-state index contributed by atoms with van der Waals surface area (Å²) in [6.45, 7) is 2.79. The Balaban J connectivity index is 2.29. The fraction of sp³-hybridized carbons (Fsp3) is 0.500. The van der Waals surface area contributed by atoms with Gasteiger partial charge in [-0.1, -0.05) is 6.07 Å². The third kappa shape index (κ3) is 3.25. The number of aryl methyl sites for hydroxylation is 1. The molecule has 1 unspecified atom stereocenters. The SMILES string of the molecule is Cc1cc(S(=O)(=O)N2CCCC(C(N)=O)C2)ccc1CN. The summed E-state index contributed by atoms with van der Waals surface area (Å²) in [6.07, 6.45) is 1.29. The Morgan fingerprint density at radius 3 is 2.71 bits per heavy atom. The lowest BCUT2D eigenvalue weighted by molar-refractivity contribution is -0.122. The molecule has 0 radical (unpaired) electrons. The van der Waals surface area contributed by atoms with Gasteiger partial charge in [-0.15, -0.1) is 0 Å². The second-order valence-electron chi connectivity index (χ2n) is 5.40. The molecule has 1 aliphatic rings. The molecule has 7 heteroatoms. The number of carbonyl (C=O) groups excluding carboxylic acids is 1. The largest absolute Gasteiger partial charge is 0.369 e. The molecular weight excluding hydrogens is 290 g/mol. The zero-order chi connectivity index (χ0) is 15.6. The molecule has 6 nitrogen and oxygen atoms in total. The van der Waals surface area contributed by atoms with Crippen molar-refractivity contribution in [3.05, 3.63) is 29.3 Å². The summed E-state index contributed by atoms with van der Waals surface area (Å²) in [5, 5.41) is 0. The number of hydrogen-bond donors (Lipinski definition) is 2. The van der Waals surface area contributed by atoms with Crippen LogP contribution in [0.1, 0.15) is 24.0 Å². The number of rotatable bonds is 4. The maximum atomic E-state index is 12.6. The summed E-state index contributed by atoms with van der Waals surface area (Å²) in [5.74, 6) is -0.845. The van der Waals surface area contributed by atoms with Gasteiger partial charge in [0.25, 0.3) is 0 Å². The average Bonchev–Trinajstić information content (AvgIpc) is 2.47. The smallest absolute Gasteiger partial charge is 0.243 e. The number of benzene rings is 1. The standard InChI is InChI=1S/C14H21N3O3S/c1-10-7-13(5-4-11(10)8-15)21(19,20)17-6-2-3-12(9-17)14(16)18/h4-5,7,12H,2-3,6,8-9,15H2,1H3,(H2,16,18). The summed E-state index contributed by atoms with van der Waals surface area (Å²) >= 11 is 0. The first kappa shape index (κ1) is 15.9. The Hall–Kier alpha value is -1.44. The quantitative estimate of drug-likeness (QED) is 0.836. The lowest BCUT2D eigenvalue weighted by Crippen LogP contribution is -2.44.